The van der Waals surface area contributed by atoms with Gasteiger partial charge in [0.05, 0.1) is 0 Å². The third-order valence-electron chi connectivity index (χ3n) is 4.04. The average molecular weight is 595 g/mol. The highest BCUT2D eigenvalue weighted by atomic mass is 79.9. The van der Waals surface area contributed by atoms with Gasteiger partial charge in [-0.1, -0.05) is 42.8 Å². The van der Waals surface area contributed by atoms with Gasteiger partial charge in [-0.25, -0.2) is 19.9 Å². The van der Waals surface area contributed by atoms with Crippen LogP contribution in [0.5, 0.6) is 0 Å². The summed E-state index contributed by atoms with van der Waals surface area (Å²) in [7, 11) is -1.04. The van der Waals surface area contributed by atoms with Gasteiger partial charge in [-0.15, -0.1) is 0 Å². The first kappa shape index (κ1) is 23.6. The number of aromatic nitrogens is 6. The van der Waals surface area contributed by atoms with Gasteiger partial charge in [-0.3, -0.25) is 0 Å². The van der Waals surface area contributed by atoms with E-state index in [-0.39, 0.29) is 0 Å². The number of hydrogen-bond donors (Lipinski definition) is 1. The van der Waals surface area contributed by atoms with Crippen molar-refractivity contribution in [2.45, 2.75) is 32.4 Å². The Morgan fingerprint density at radius 1 is 1.00 bits per heavy atom. The summed E-state index contributed by atoms with van der Waals surface area (Å²) in [5.74, 6) is 0. The lowest BCUT2D eigenvalue weighted by molar-refractivity contribution is 0.0899. The minimum absolute atomic E-state index is 0.370. The van der Waals surface area contributed by atoms with Crippen LogP contribution in [0.4, 0.5) is 0 Å². The van der Waals surface area contributed by atoms with Crippen LogP contribution in [0.1, 0.15) is 0 Å². The molecule has 0 aliphatic rings. The standard InChI is InChI=1S/C12H17BrClN3OSi.C6H3BrClN3/c1-19(2,3)7-6-18-8-17-5-4-9-12(17)16-11(14)10(13)15-9;7-4-5(8)11-6-3(10-4)1-2-9-6/h4-5H,6-8H2,1-3H3;1-2H,(H,9,11). The molecule has 0 spiro atoms. The van der Waals surface area contributed by atoms with Gasteiger partial charge in [0.2, 0.25) is 0 Å². The van der Waals surface area contributed by atoms with Gasteiger partial charge in [0.1, 0.15) is 27.0 Å². The summed E-state index contributed by atoms with van der Waals surface area (Å²) >= 11 is 18.1. The van der Waals surface area contributed by atoms with Crippen molar-refractivity contribution < 1.29 is 4.74 Å². The van der Waals surface area contributed by atoms with Crippen molar-refractivity contribution in [1.29, 1.82) is 0 Å². The number of H-pyrrole nitrogens is 1. The van der Waals surface area contributed by atoms with Crippen molar-refractivity contribution in [2.24, 2.45) is 0 Å². The van der Waals surface area contributed by atoms with Crippen LogP contribution in [0.2, 0.25) is 36.0 Å². The molecule has 4 aromatic rings. The predicted molar refractivity (Wildman–Crippen MR) is 131 cm³/mol. The Morgan fingerprint density at radius 2 is 1.67 bits per heavy atom. The van der Waals surface area contributed by atoms with Crippen LogP contribution < -0.4 is 0 Å². The largest absolute Gasteiger partial charge is 0.361 e. The normalized spacial score (nSPS) is 11.7. The number of nitrogens with one attached hydrogen (secondary N) is 1. The van der Waals surface area contributed by atoms with E-state index in [0.717, 1.165) is 29.3 Å². The van der Waals surface area contributed by atoms with E-state index in [0.29, 0.717) is 31.9 Å². The fourth-order valence-electron chi connectivity index (χ4n) is 2.43. The number of ether oxygens (including phenoxy) is 1. The van der Waals surface area contributed by atoms with Crippen LogP contribution in [0, 0.1) is 0 Å². The Morgan fingerprint density at radius 3 is 2.37 bits per heavy atom. The summed E-state index contributed by atoms with van der Waals surface area (Å²) in [4.78, 5) is 19.7. The van der Waals surface area contributed by atoms with E-state index in [9.17, 15) is 0 Å². The number of fused-ring (bicyclic) bond motifs is 2. The van der Waals surface area contributed by atoms with Crippen LogP contribution in [-0.2, 0) is 11.5 Å². The fourth-order valence-corrected chi connectivity index (χ4v) is 3.99. The van der Waals surface area contributed by atoms with E-state index >= 15 is 0 Å². The highest BCUT2D eigenvalue weighted by molar-refractivity contribution is 9.10. The zero-order valence-corrected chi connectivity index (χ0v) is 22.3. The lowest BCUT2D eigenvalue weighted by atomic mass is 10.5. The number of aromatic amines is 1. The summed E-state index contributed by atoms with van der Waals surface area (Å²) in [5, 5.41) is 0.745. The molecule has 4 rings (SSSR count). The molecule has 7 nitrogen and oxygen atoms in total. The van der Waals surface area contributed by atoms with Crippen molar-refractivity contribution >= 4 is 85.5 Å². The molecule has 4 aromatic heterocycles. The third-order valence-corrected chi connectivity index (χ3v) is 7.83. The van der Waals surface area contributed by atoms with E-state index < -0.39 is 8.07 Å². The minimum atomic E-state index is -1.04. The molecule has 160 valence electrons. The Bertz CT molecular complexity index is 1120. The first-order chi connectivity index (χ1) is 14.1. The molecule has 30 heavy (non-hydrogen) atoms. The van der Waals surface area contributed by atoms with Crippen LogP contribution in [0.25, 0.3) is 22.3 Å². The summed E-state index contributed by atoms with van der Waals surface area (Å²) in [6.07, 6.45) is 3.69. The number of hydrogen-bond acceptors (Lipinski definition) is 5. The van der Waals surface area contributed by atoms with Crippen LogP contribution >= 0.6 is 55.1 Å². The lowest BCUT2D eigenvalue weighted by Gasteiger charge is -2.15. The third kappa shape index (κ3) is 6.24. The molecule has 0 atom stereocenters. The van der Waals surface area contributed by atoms with Crippen molar-refractivity contribution in [2.75, 3.05) is 6.61 Å². The molecule has 0 saturated heterocycles. The molecule has 12 heteroatoms. The van der Waals surface area contributed by atoms with Gasteiger partial charge < -0.3 is 14.3 Å². The summed E-state index contributed by atoms with van der Waals surface area (Å²) in [6, 6.07) is 4.90. The van der Waals surface area contributed by atoms with Crippen LogP contribution in [-0.4, -0.2) is 44.2 Å². The molecule has 0 fully saturated rings. The maximum Gasteiger partial charge on any atom is 0.164 e. The molecular weight excluding hydrogens is 575 g/mol. The Hall–Kier alpha value is -1.04. The molecule has 0 amide bonds. The molecule has 0 saturated carbocycles. The van der Waals surface area contributed by atoms with E-state index in [1.54, 1.807) is 6.20 Å². The molecule has 1 N–H and O–H groups in total. The van der Waals surface area contributed by atoms with E-state index in [2.05, 4.69) is 76.4 Å². The summed E-state index contributed by atoms with van der Waals surface area (Å²) in [6.45, 7) is 8.28. The minimum Gasteiger partial charge on any atom is -0.361 e. The second-order valence-electron chi connectivity index (χ2n) is 7.66. The molecule has 0 aliphatic heterocycles. The van der Waals surface area contributed by atoms with Gasteiger partial charge >= 0.3 is 0 Å². The zero-order valence-electron chi connectivity index (χ0n) is 16.6. The second kappa shape index (κ2) is 10.1. The molecule has 0 aromatic carbocycles. The fraction of sp³-hybridized carbons (Fsp3) is 0.333. The molecule has 0 radical (unpaired) electrons. The Labute approximate surface area is 201 Å². The number of rotatable bonds is 5. The van der Waals surface area contributed by atoms with Crippen LogP contribution in [0.3, 0.4) is 0 Å². The topological polar surface area (TPSA) is 81.5 Å². The number of halogens is 4. The van der Waals surface area contributed by atoms with Crippen molar-refractivity contribution in [3.8, 4) is 0 Å². The molecule has 0 aliphatic carbocycles. The van der Waals surface area contributed by atoms with E-state index in [1.165, 1.54) is 0 Å². The first-order valence-electron chi connectivity index (χ1n) is 9.06. The van der Waals surface area contributed by atoms with Gasteiger partial charge in [-0.2, -0.15) is 0 Å². The summed E-state index contributed by atoms with van der Waals surface area (Å²) < 4.78 is 8.77. The molecular formula is C18H20Br2Cl2N6OSi. The van der Waals surface area contributed by atoms with Gasteiger partial charge in [0.15, 0.2) is 21.6 Å². The van der Waals surface area contributed by atoms with Crippen molar-refractivity contribution in [3.63, 3.8) is 0 Å². The van der Waals surface area contributed by atoms with Crippen LogP contribution in [0.15, 0.2) is 33.7 Å². The average Bonchev–Trinajstić information content (AvgIpc) is 3.26. The quantitative estimate of drug-likeness (QED) is 0.210. The zero-order chi connectivity index (χ0) is 21.9. The Kier molecular flexibility index (Phi) is 7.91. The SMILES string of the molecule is C[Si](C)(C)CCOCn1ccc2nc(Br)c(Cl)nc21.Clc1nc2[nH]ccc2nc1Br. The van der Waals surface area contributed by atoms with Crippen molar-refractivity contribution in [3.05, 3.63) is 44.0 Å². The van der Waals surface area contributed by atoms with E-state index in [4.69, 9.17) is 27.9 Å². The highest BCUT2D eigenvalue weighted by Gasteiger charge is 2.13. The predicted octanol–water partition coefficient (Wildman–Crippen LogP) is 6.53. The second-order valence-corrected chi connectivity index (χ2v) is 15.5. The summed E-state index contributed by atoms with van der Waals surface area (Å²) in [5.41, 5.74) is 3.07. The van der Waals surface area contributed by atoms with Gasteiger partial charge in [0, 0.05) is 27.1 Å². The molecule has 0 unspecified atom stereocenters. The van der Waals surface area contributed by atoms with Gasteiger partial charge in [0.25, 0.3) is 0 Å². The maximum atomic E-state index is 5.97. The monoisotopic (exact) mass is 592 g/mol. The Balaban J connectivity index is 0.000000196. The maximum absolute atomic E-state index is 5.97. The van der Waals surface area contributed by atoms with Gasteiger partial charge in [-0.05, 0) is 50.0 Å². The molecule has 4 heterocycles. The number of nitrogens with zero attached hydrogens (tertiary/aromatic N) is 5. The lowest BCUT2D eigenvalue weighted by Crippen LogP contribution is -2.22. The van der Waals surface area contributed by atoms with Crippen molar-refractivity contribution in [1.82, 2.24) is 29.5 Å². The smallest absolute Gasteiger partial charge is 0.164 e. The highest BCUT2D eigenvalue weighted by Crippen LogP contribution is 2.22. The van der Waals surface area contributed by atoms with E-state index in [1.807, 2.05) is 22.9 Å². The first-order valence-corrected chi connectivity index (χ1v) is 15.1. The molecule has 0 bridgehead atoms.